The molecule has 0 amide bonds. The van der Waals surface area contributed by atoms with Crippen molar-refractivity contribution in [2.24, 2.45) is 5.92 Å². The third kappa shape index (κ3) is 3.62. The first-order valence-electron chi connectivity index (χ1n) is 8.45. The summed E-state index contributed by atoms with van der Waals surface area (Å²) in [7, 11) is 0. The van der Waals surface area contributed by atoms with Gasteiger partial charge in [0.15, 0.2) is 0 Å². The molecule has 1 aliphatic carbocycles. The first-order chi connectivity index (χ1) is 10.3. The summed E-state index contributed by atoms with van der Waals surface area (Å²) < 4.78 is 7.10. The molecule has 0 spiro atoms. The molecule has 0 saturated heterocycles. The molecular formula is C18H26BrNO. The van der Waals surface area contributed by atoms with Gasteiger partial charge >= 0.3 is 0 Å². The van der Waals surface area contributed by atoms with E-state index < -0.39 is 0 Å². The molecule has 1 unspecified atom stereocenters. The van der Waals surface area contributed by atoms with Crippen LogP contribution in [0.5, 0.6) is 5.75 Å². The van der Waals surface area contributed by atoms with Crippen molar-refractivity contribution in [3.63, 3.8) is 0 Å². The Labute approximate surface area is 136 Å². The van der Waals surface area contributed by atoms with Gasteiger partial charge in [-0.1, -0.05) is 35.7 Å². The molecule has 21 heavy (non-hydrogen) atoms. The number of benzene rings is 1. The van der Waals surface area contributed by atoms with Crippen LogP contribution in [0.4, 0.5) is 0 Å². The molecule has 3 heteroatoms. The highest BCUT2D eigenvalue weighted by Gasteiger charge is 2.27. The molecule has 0 aromatic heterocycles. The van der Waals surface area contributed by atoms with E-state index in [-0.39, 0.29) is 0 Å². The van der Waals surface area contributed by atoms with Crippen LogP contribution in [0.1, 0.15) is 50.2 Å². The van der Waals surface area contributed by atoms with E-state index in [4.69, 9.17) is 4.74 Å². The second-order valence-electron chi connectivity index (χ2n) is 6.46. The number of hydrogen-bond acceptors (Lipinski definition) is 2. The summed E-state index contributed by atoms with van der Waals surface area (Å²) in [6.07, 6.45) is 8.95. The van der Waals surface area contributed by atoms with E-state index in [0.717, 1.165) is 31.9 Å². The van der Waals surface area contributed by atoms with Crippen LogP contribution in [0, 0.1) is 5.92 Å². The van der Waals surface area contributed by atoms with Gasteiger partial charge in [-0.05, 0) is 61.4 Å². The topological polar surface area (TPSA) is 21.3 Å². The minimum absolute atomic E-state index is 0.607. The van der Waals surface area contributed by atoms with Crippen molar-refractivity contribution in [1.82, 2.24) is 5.32 Å². The van der Waals surface area contributed by atoms with Gasteiger partial charge < -0.3 is 10.1 Å². The number of halogens is 1. The maximum Gasteiger partial charge on any atom is 0.125 e. The quantitative estimate of drug-likeness (QED) is 0.815. The van der Waals surface area contributed by atoms with Gasteiger partial charge in [0.05, 0.1) is 6.61 Å². The van der Waals surface area contributed by atoms with Crippen molar-refractivity contribution in [2.45, 2.75) is 57.9 Å². The van der Waals surface area contributed by atoms with Crippen molar-refractivity contribution < 1.29 is 4.74 Å². The average molecular weight is 352 g/mol. The Bertz CT molecular complexity index is 482. The van der Waals surface area contributed by atoms with Crippen molar-refractivity contribution in [1.29, 1.82) is 0 Å². The van der Waals surface area contributed by atoms with Crippen LogP contribution < -0.4 is 10.1 Å². The Kier molecular flexibility index (Phi) is 5.23. The van der Waals surface area contributed by atoms with E-state index in [2.05, 4.69) is 40.3 Å². The molecular weight excluding hydrogens is 326 g/mol. The average Bonchev–Trinajstić information content (AvgIpc) is 3.13. The Balaban J connectivity index is 1.78. The zero-order chi connectivity index (χ0) is 14.7. The van der Waals surface area contributed by atoms with Crippen LogP contribution in [0.3, 0.4) is 0 Å². The second kappa shape index (κ2) is 7.15. The molecule has 1 saturated carbocycles. The summed E-state index contributed by atoms with van der Waals surface area (Å²) >= 11 is 3.67. The predicted molar refractivity (Wildman–Crippen MR) is 91.1 cm³/mol. The smallest absolute Gasteiger partial charge is 0.125 e. The molecule has 116 valence electrons. The molecule has 1 fully saturated rings. The van der Waals surface area contributed by atoms with Crippen molar-refractivity contribution in [3.8, 4) is 5.75 Å². The summed E-state index contributed by atoms with van der Waals surface area (Å²) in [4.78, 5) is 0. The fourth-order valence-electron chi connectivity index (χ4n) is 3.83. The van der Waals surface area contributed by atoms with Crippen LogP contribution in [0.15, 0.2) is 16.6 Å². The highest BCUT2D eigenvalue weighted by Crippen LogP contribution is 2.36. The standard InChI is InChI=1S/C18H26BrNO/c1-2-8-20-17(13-5-3-4-6-13)12-15-11-16(19)10-14-7-9-21-18(14)15/h10-11,13,17,20H,2-9,12H2,1H3. The maximum atomic E-state index is 5.90. The van der Waals surface area contributed by atoms with Crippen LogP contribution in [-0.2, 0) is 12.8 Å². The first kappa shape index (κ1) is 15.4. The van der Waals surface area contributed by atoms with Crippen molar-refractivity contribution in [3.05, 3.63) is 27.7 Å². The monoisotopic (exact) mass is 351 g/mol. The van der Waals surface area contributed by atoms with Gasteiger partial charge in [-0.3, -0.25) is 0 Å². The second-order valence-corrected chi connectivity index (χ2v) is 7.38. The van der Waals surface area contributed by atoms with Gasteiger partial charge in [-0.25, -0.2) is 0 Å². The molecule has 0 radical (unpaired) electrons. The van der Waals surface area contributed by atoms with Gasteiger partial charge in [-0.15, -0.1) is 0 Å². The van der Waals surface area contributed by atoms with Crippen molar-refractivity contribution >= 4 is 15.9 Å². The lowest BCUT2D eigenvalue weighted by Gasteiger charge is -2.25. The molecule has 2 nitrogen and oxygen atoms in total. The van der Waals surface area contributed by atoms with E-state index in [1.165, 1.54) is 53.5 Å². The van der Waals surface area contributed by atoms with E-state index in [1.807, 2.05) is 0 Å². The minimum Gasteiger partial charge on any atom is -0.493 e. The summed E-state index contributed by atoms with van der Waals surface area (Å²) in [6.45, 7) is 4.21. The molecule has 1 aromatic carbocycles. The Morgan fingerprint density at radius 2 is 2.14 bits per heavy atom. The Morgan fingerprint density at radius 3 is 2.90 bits per heavy atom. The lowest BCUT2D eigenvalue weighted by molar-refractivity contribution is 0.335. The van der Waals surface area contributed by atoms with E-state index in [1.54, 1.807) is 0 Å². The van der Waals surface area contributed by atoms with Crippen LogP contribution in [0.2, 0.25) is 0 Å². The minimum atomic E-state index is 0.607. The van der Waals surface area contributed by atoms with E-state index in [9.17, 15) is 0 Å². The molecule has 1 atom stereocenters. The normalized spacial score (nSPS) is 19.5. The number of ether oxygens (including phenoxy) is 1. The molecule has 3 rings (SSSR count). The molecule has 1 aliphatic heterocycles. The third-order valence-electron chi connectivity index (χ3n) is 4.89. The predicted octanol–water partition coefficient (Wildman–Crippen LogP) is 4.48. The molecule has 2 aliphatic rings. The summed E-state index contributed by atoms with van der Waals surface area (Å²) in [5.41, 5.74) is 2.76. The molecule has 1 heterocycles. The Morgan fingerprint density at radius 1 is 1.33 bits per heavy atom. The SMILES string of the molecule is CCCNC(Cc1cc(Br)cc2c1OCC2)C1CCCC1. The number of fused-ring (bicyclic) bond motifs is 1. The largest absolute Gasteiger partial charge is 0.493 e. The third-order valence-corrected chi connectivity index (χ3v) is 5.35. The zero-order valence-electron chi connectivity index (χ0n) is 13.0. The highest BCUT2D eigenvalue weighted by molar-refractivity contribution is 9.10. The zero-order valence-corrected chi connectivity index (χ0v) is 14.5. The van der Waals surface area contributed by atoms with E-state index >= 15 is 0 Å². The number of nitrogens with one attached hydrogen (secondary N) is 1. The number of hydrogen-bond donors (Lipinski definition) is 1. The maximum absolute atomic E-state index is 5.90. The fourth-order valence-corrected chi connectivity index (χ4v) is 4.38. The van der Waals surface area contributed by atoms with Gasteiger partial charge in [0, 0.05) is 16.9 Å². The lowest BCUT2D eigenvalue weighted by Crippen LogP contribution is -2.37. The summed E-state index contributed by atoms with van der Waals surface area (Å²) in [6, 6.07) is 5.09. The summed E-state index contributed by atoms with van der Waals surface area (Å²) in [5, 5.41) is 3.80. The molecule has 1 aromatic rings. The fraction of sp³-hybridized carbons (Fsp3) is 0.667. The molecule has 0 bridgehead atoms. The lowest BCUT2D eigenvalue weighted by atomic mass is 9.91. The molecule has 1 N–H and O–H groups in total. The number of rotatable bonds is 6. The van der Waals surface area contributed by atoms with Crippen molar-refractivity contribution in [2.75, 3.05) is 13.2 Å². The van der Waals surface area contributed by atoms with Crippen LogP contribution >= 0.6 is 15.9 Å². The van der Waals surface area contributed by atoms with E-state index in [0.29, 0.717) is 6.04 Å². The van der Waals surface area contributed by atoms with Gasteiger partial charge in [-0.2, -0.15) is 0 Å². The van der Waals surface area contributed by atoms with Crippen LogP contribution in [0.25, 0.3) is 0 Å². The highest BCUT2D eigenvalue weighted by atomic mass is 79.9. The van der Waals surface area contributed by atoms with Crippen LogP contribution in [-0.4, -0.2) is 19.2 Å². The van der Waals surface area contributed by atoms with Gasteiger partial charge in [0.1, 0.15) is 5.75 Å². The summed E-state index contributed by atoms with van der Waals surface area (Å²) in [5.74, 6) is 2.01. The Hall–Kier alpha value is -0.540. The first-order valence-corrected chi connectivity index (χ1v) is 9.24. The van der Waals surface area contributed by atoms with Gasteiger partial charge in [0.25, 0.3) is 0 Å². The van der Waals surface area contributed by atoms with Gasteiger partial charge in [0.2, 0.25) is 0 Å².